The van der Waals surface area contributed by atoms with Crippen LogP contribution in [0, 0.1) is 5.82 Å². The molecule has 2 unspecified atom stereocenters. The lowest BCUT2D eigenvalue weighted by atomic mass is 9.95. The number of fused-ring (bicyclic) bond motifs is 3. The second kappa shape index (κ2) is 3.18. The highest BCUT2D eigenvalue weighted by atomic mass is 19.1. The second-order valence-electron chi connectivity index (χ2n) is 4.56. The first-order valence-corrected chi connectivity index (χ1v) is 5.55. The van der Waals surface area contributed by atoms with Crippen molar-refractivity contribution in [2.45, 2.75) is 25.2 Å². The average molecular weight is 238 g/mol. The summed E-state index contributed by atoms with van der Waals surface area (Å²) in [6.45, 7) is 1.77. The first-order valence-electron chi connectivity index (χ1n) is 5.55. The summed E-state index contributed by atoms with van der Waals surface area (Å²) in [5.74, 6) is -0.625. The molecule has 2 heterocycles. The molecule has 0 aliphatic carbocycles. The van der Waals surface area contributed by atoms with Crippen LogP contribution in [0.4, 0.5) is 14.5 Å². The van der Waals surface area contributed by atoms with Crippen molar-refractivity contribution in [1.82, 2.24) is 4.90 Å². The van der Waals surface area contributed by atoms with E-state index >= 15 is 0 Å². The van der Waals surface area contributed by atoms with E-state index in [1.807, 2.05) is 0 Å². The molecule has 1 aromatic rings. The van der Waals surface area contributed by atoms with E-state index in [0.29, 0.717) is 17.8 Å². The molecule has 0 radical (unpaired) electrons. The third-order valence-electron chi connectivity index (χ3n) is 3.59. The van der Waals surface area contributed by atoms with E-state index in [1.165, 1.54) is 30.0 Å². The molecule has 0 saturated carbocycles. The van der Waals surface area contributed by atoms with Gasteiger partial charge in [0.1, 0.15) is 12.0 Å². The minimum absolute atomic E-state index is 0.171. The van der Waals surface area contributed by atoms with Crippen molar-refractivity contribution in [2.75, 3.05) is 11.9 Å². The van der Waals surface area contributed by atoms with Gasteiger partial charge in [0.25, 0.3) is 0 Å². The Hall–Kier alpha value is -1.65. The summed E-state index contributed by atoms with van der Waals surface area (Å²) in [6, 6.07) is 4.02. The predicted molar refractivity (Wildman–Crippen MR) is 58.6 cm³/mol. The van der Waals surface area contributed by atoms with Crippen LogP contribution in [0.2, 0.25) is 0 Å². The largest absolute Gasteiger partial charge is 0.362 e. The van der Waals surface area contributed by atoms with Gasteiger partial charge in [-0.05, 0) is 18.2 Å². The number of carbonyl (C=O) groups is 1. The fourth-order valence-electron chi connectivity index (χ4n) is 2.74. The lowest BCUT2D eigenvalue weighted by molar-refractivity contribution is -0.130. The number of amides is 1. The molecule has 2 atom stereocenters. The monoisotopic (exact) mass is 238 g/mol. The number of hydrogen-bond donors (Lipinski definition) is 1. The molecule has 0 aromatic heterocycles. The molecular formula is C12H12F2N2O. The minimum Gasteiger partial charge on any atom is -0.362 e. The van der Waals surface area contributed by atoms with Crippen LogP contribution in [0.1, 0.15) is 18.9 Å². The smallest absolute Gasteiger partial charge is 0.221 e. The maximum atomic E-state index is 14.9. The molecule has 90 valence electrons. The van der Waals surface area contributed by atoms with Gasteiger partial charge in [-0.2, -0.15) is 0 Å². The Kier molecular flexibility index (Phi) is 1.97. The van der Waals surface area contributed by atoms with Crippen molar-refractivity contribution >= 4 is 11.6 Å². The number of benzene rings is 1. The number of rotatable bonds is 0. The van der Waals surface area contributed by atoms with E-state index in [-0.39, 0.29) is 12.3 Å². The number of nitrogens with zero attached hydrogens (tertiary/aromatic N) is 1. The number of alkyl halides is 1. The number of likely N-dealkylation sites (tertiary alicyclic amines) is 1. The fraction of sp³-hybridized carbons (Fsp3) is 0.417. The summed E-state index contributed by atoms with van der Waals surface area (Å²) < 4.78 is 28.0. The van der Waals surface area contributed by atoms with Gasteiger partial charge in [-0.15, -0.1) is 0 Å². The van der Waals surface area contributed by atoms with Crippen LogP contribution >= 0.6 is 0 Å². The molecule has 3 nitrogen and oxygen atoms in total. The minimum atomic E-state index is -1.66. The van der Waals surface area contributed by atoms with E-state index in [1.54, 1.807) is 0 Å². The normalized spacial score (nSPS) is 29.8. The fourth-order valence-corrected chi connectivity index (χ4v) is 2.74. The molecule has 0 bridgehead atoms. The molecule has 1 fully saturated rings. The first kappa shape index (κ1) is 10.5. The SMILES string of the molecule is CC(=O)N1CCC2(F)c3cc(F)ccc3NC12. The Balaban J connectivity index is 2.07. The predicted octanol–water partition coefficient (Wildman–Crippen LogP) is 1.99. The quantitative estimate of drug-likeness (QED) is 0.749. The Labute approximate surface area is 97.4 Å². The van der Waals surface area contributed by atoms with Crippen molar-refractivity contribution in [3.63, 3.8) is 0 Å². The lowest BCUT2D eigenvalue weighted by Gasteiger charge is -2.25. The molecule has 3 rings (SSSR count). The summed E-state index contributed by atoms with van der Waals surface area (Å²) in [7, 11) is 0. The Morgan fingerprint density at radius 1 is 1.59 bits per heavy atom. The molecule has 2 aliphatic rings. The maximum absolute atomic E-state index is 14.9. The van der Waals surface area contributed by atoms with E-state index in [0.717, 1.165) is 0 Å². The van der Waals surface area contributed by atoms with E-state index < -0.39 is 17.7 Å². The summed E-state index contributed by atoms with van der Waals surface area (Å²) >= 11 is 0. The zero-order chi connectivity index (χ0) is 12.2. The maximum Gasteiger partial charge on any atom is 0.221 e. The van der Waals surface area contributed by atoms with Crippen LogP contribution in [-0.4, -0.2) is 23.5 Å². The van der Waals surface area contributed by atoms with Gasteiger partial charge >= 0.3 is 0 Å². The molecule has 1 amide bonds. The zero-order valence-corrected chi connectivity index (χ0v) is 9.34. The Bertz CT molecular complexity index is 505. The third kappa shape index (κ3) is 1.28. The number of nitrogens with one attached hydrogen (secondary N) is 1. The Morgan fingerprint density at radius 2 is 2.35 bits per heavy atom. The summed E-state index contributed by atoms with van der Waals surface area (Å²) in [5.41, 5.74) is -0.764. The highest BCUT2D eigenvalue weighted by Crippen LogP contribution is 2.49. The van der Waals surface area contributed by atoms with Gasteiger partial charge in [0.15, 0.2) is 5.67 Å². The molecule has 5 heteroatoms. The van der Waals surface area contributed by atoms with Gasteiger partial charge in [-0.25, -0.2) is 8.78 Å². The topological polar surface area (TPSA) is 32.3 Å². The van der Waals surface area contributed by atoms with Crippen molar-refractivity contribution < 1.29 is 13.6 Å². The van der Waals surface area contributed by atoms with Gasteiger partial charge in [-0.1, -0.05) is 0 Å². The number of carbonyl (C=O) groups excluding carboxylic acids is 1. The number of halogens is 2. The summed E-state index contributed by atoms with van der Waals surface area (Å²) in [4.78, 5) is 12.9. The number of anilines is 1. The first-order chi connectivity index (χ1) is 8.02. The molecule has 2 aliphatic heterocycles. The zero-order valence-electron chi connectivity index (χ0n) is 9.34. The van der Waals surface area contributed by atoms with E-state index in [2.05, 4.69) is 5.32 Å². The van der Waals surface area contributed by atoms with Gasteiger partial charge in [0.2, 0.25) is 5.91 Å². The lowest BCUT2D eigenvalue weighted by Crippen LogP contribution is -2.43. The summed E-state index contributed by atoms with van der Waals surface area (Å²) in [5, 5.41) is 2.96. The van der Waals surface area contributed by atoms with Crippen molar-refractivity contribution in [1.29, 1.82) is 0 Å². The molecule has 17 heavy (non-hydrogen) atoms. The van der Waals surface area contributed by atoms with Crippen molar-refractivity contribution in [3.05, 3.63) is 29.6 Å². The number of hydrogen-bond acceptors (Lipinski definition) is 2. The van der Waals surface area contributed by atoms with E-state index in [4.69, 9.17) is 0 Å². The summed E-state index contributed by atoms with van der Waals surface area (Å²) in [6.07, 6.45) is -0.488. The van der Waals surface area contributed by atoms with Gasteiger partial charge < -0.3 is 10.2 Å². The van der Waals surface area contributed by atoms with Crippen LogP contribution in [0.15, 0.2) is 18.2 Å². The van der Waals surface area contributed by atoms with Gasteiger partial charge in [0, 0.05) is 31.1 Å². The third-order valence-corrected chi connectivity index (χ3v) is 3.59. The van der Waals surface area contributed by atoms with Crippen LogP contribution in [0.3, 0.4) is 0 Å². The highest BCUT2D eigenvalue weighted by molar-refractivity contribution is 5.76. The molecular weight excluding hydrogens is 226 g/mol. The highest BCUT2D eigenvalue weighted by Gasteiger charge is 2.55. The molecule has 1 saturated heterocycles. The Morgan fingerprint density at radius 3 is 3.06 bits per heavy atom. The van der Waals surface area contributed by atoms with E-state index in [9.17, 15) is 13.6 Å². The molecule has 0 spiro atoms. The van der Waals surface area contributed by atoms with Crippen LogP contribution in [0.5, 0.6) is 0 Å². The molecule has 1 N–H and O–H groups in total. The standard InChI is InChI=1S/C12H12F2N2O/c1-7(17)16-5-4-12(14)9-6-8(13)2-3-10(9)15-11(12)16/h2-3,6,11,15H,4-5H2,1H3. The van der Waals surface area contributed by atoms with Crippen molar-refractivity contribution in [2.24, 2.45) is 0 Å². The van der Waals surface area contributed by atoms with Crippen LogP contribution < -0.4 is 5.32 Å². The van der Waals surface area contributed by atoms with Gasteiger partial charge in [-0.3, -0.25) is 4.79 Å². The second-order valence-corrected chi connectivity index (χ2v) is 4.56. The molecule has 1 aromatic carbocycles. The van der Waals surface area contributed by atoms with Crippen molar-refractivity contribution in [3.8, 4) is 0 Å². The van der Waals surface area contributed by atoms with Gasteiger partial charge in [0.05, 0.1) is 0 Å². The van der Waals surface area contributed by atoms with Crippen LogP contribution in [0.25, 0.3) is 0 Å². The van der Waals surface area contributed by atoms with Crippen LogP contribution in [-0.2, 0) is 10.5 Å². The average Bonchev–Trinajstić information content (AvgIpc) is 2.72.